The summed E-state index contributed by atoms with van der Waals surface area (Å²) in [5.74, 6) is -0.284. The molecule has 0 radical (unpaired) electrons. The fraction of sp³-hybridized carbons (Fsp3) is 0.343. The van der Waals surface area contributed by atoms with Gasteiger partial charge < -0.3 is 4.90 Å². The highest BCUT2D eigenvalue weighted by atomic mass is 32.1. The maximum atomic E-state index is 14.8. The van der Waals surface area contributed by atoms with Crippen LogP contribution in [0.1, 0.15) is 67.1 Å². The fourth-order valence-corrected chi connectivity index (χ4v) is 6.23. The Morgan fingerprint density at radius 2 is 1.62 bits per heavy atom. The molecule has 0 aliphatic rings. The van der Waals surface area contributed by atoms with Crippen molar-refractivity contribution < 1.29 is 17.6 Å². The van der Waals surface area contributed by atoms with Crippen molar-refractivity contribution in [3.63, 3.8) is 0 Å². The second kappa shape index (κ2) is 12.8. The number of nitrogens with zero attached hydrogens (tertiary/aromatic N) is 2. The minimum absolute atomic E-state index is 0.00634. The summed E-state index contributed by atoms with van der Waals surface area (Å²) in [4.78, 5) is 6.79. The monoisotopic (exact) mass is 594 g/mol. The van der Waals surface area contributed by atoms with Gasteiger partial charge in [0.25, 0.3) is 0 Å². The van der Waals surface area contributed by atoms with Gasteiger partial charge in [0.2, 0.25) is 0 Å². The molecule has 4 rings (SSSR count). The molecule has 1 heterocycles. The van der Waals surface area contributed by atoms with Gasteiger partial charge in [-0.3, -0.25) is 0 Å². The molecule has 2 nitrogen and oxygen atoms in total. The largest absolute Gasteiger partial charge is 0.416 e. The SMILES string of the molecule is C=C(CCC)C(C)(C)Cc1ccc(CN(Cc2ccccc2F)c2sc(-c3ccc(C(F)(F)F)cc3)nc2C)cc1C. The predicted molar refractivity (Wildman–Crippen MR) is 166 cm³/mol. The average Bonchev–Trinajstić information content (AvgIpc) is 3.32. The van der Waals surface area contributed by atoms with Gasteiger partial charge in [-0.15, -0.1) is 0 Å². The van der Waals surface area contributed by atoms with E-state index < -0.39 is 11.7 Å². The number of alkyl halides is 3. The number of aromatic nitrogens is 1. The van der Waals surface area contributed by atoms with Crippen molar-refractivity contribution in [2.75, 3.05) is 4.90 Å². The van der Waals surface area contributed by atoms with Crippen LogP contribution in [-0.2, 0) is 25.7 Å². The summed E-state index contributed by atoms with van der Waals surface area (Å²) in [6.45, 7) is 15.9. The third-order valence-electron chi connectivity index (χ3n) is 7.76. The number of hydrogen-bond acceptors (Lipinski definition) is 3. The zero-order valence-corrected chi connectivity index (χ0v) is 25.7. The van der Waals surface area contributed by atoms with E-state index in [0.29, 0.717) is 29.2 Å². The molecule has 0 atom stereocenters. The molecular weight excluding hydrogens is 556 g/mol. The van der Waals surface area contributed by atoms with E-state index in [9.17, 15) is 17.6 Å². The molecule has 0 N–H and O–H groups in total. The van der Waals surface area contributed by atoms with E-state index in [0.717, 1.165) is 47.7 Å². The van der Waals surface area contributed by atoms with Crippen LogP contribution in [0, 0.1) is 25.1 Å². The van der Waals surface area contributed by atoms with Crippen LogP contribution in [0.2, 0.25) is 0 Å². The van der Waals surface area contributed by atoms with Crippen molar-refractivity contribution in [3.8, 4) is 10.6 Å². The average molecular weight is 595 g/mol. The quantitative estimate of drug-likeness (QED) is 0.127. The van der Waals surface area contributed by atoms with Gasteiger partial charge in [-0.1, -0.05) is 99.2 Å². The Balaban J connectivity index is 1.64. The zero-order chi connectivity index (χ0) is 30.7. The highest BCUT2D eigenvalue weighted by molar-refractivity contribution is 7.19. The predicted octanol–water partition coefficient (Wildman–Crippen LogP) is 10.7. The molecular formula is C35H38F4N2S. The summed E-state index contributed by atoms with van der Waals surface area (Å²) in [6, 6.07) is 18.3. The van der Waals surface area contributed by atoms with Crippen LogP contribution < -0.4 is 4.90 Å². The zero-order valence-electron chi connectivity index (χ0n) is 24.9. The first-order valence-corrected chi connectivity index (χ1v) is 15.0. The van der Waals surface area contributed by atoms with E-state index in [4.69, 9.17) is 4.98 Å². The molecule has 0 spiro atoms. The Kier molecular flexibility index (Phi) is 9.61. The van der Waals surface area contributed by atoms with Crippen molar-refractivity contribution in [2.24, 2.45) is 5.41 Å². The molecule has 222 valence electrons. The molecule has 0 saturated heterocycles. The Hall–Kier alpha value is -3.45. The number of aryl methyl sites for hydroxylation is 2. The highest BCUT2D eigenvalue weighted by Gasteiger charge is 2.30. The molecule has 4 aromatic rings. The number of thiazole rings is 1. The van der Waals surface area contributed by atoms with Crippen LogP contribution in [0.15, 0.2) is 78.9 Å². The first-order valence-electron chi connectivity index (χ1n) is 14.2. The summed E-state index contributed by atoms with van der Waals surface area (Å²) in [5, 5.41) is 1.47. The van der Waals surface area contributed by atoms with Crippen molar-refractivity contribution in [2.45, 2.75) is 73.1 Å². The molecule has 42 heavy (non-hydrogen) atoms. The van der Waals surface area contributed by atoms with Gasteiger partial charge in [0.1, 0.15) is 15.8 Å². The van der Waals surface area contributed by atoms with Crippen molar-refractivity contribution in [3.05, 3.63) is 118 Å². The van der Waals surface area contributed by atoms with Crippen LogP contribution in [0.3, 0.4) is 0 Å². The van der Waals surface area contributed by atoms with Crippen molar-refractivity contribution in [1.29, 1.82) is 0 Å². The van der Waals surface area contributed by atoms with Gasteiger partial charge in [0.05, 0.1) is 11.3 Å². The van der Waals surface area contributed by atoms with Gasteiger partial charge in [-0.05, 0) is 67.0 Å². The summed E-state index contributed by atoms with van der Waals surface area (Å²) in [7, 11) is 0. The van der Waals surface area contributed by atoms with Crippen molar-refractivity contribution >= 4 is 16.3 Å². The lowest BCUT2D eigenvalue weighted by atomic mass is 9.77. The molecule has 0 fully saturated rings. The molecule has 0 aliphatic heterocycles. The van der Waals surface area contributed by atoms with Gasteiger partial charge in [0.15, 0.2) is 0 Å². The standard InChI is InChI=1S/C35H38F4N2S/c1-7-10-24(3)34(5,6)20-28-14-13-26(19-23(28)2)21-41(22-29-11-8-9-12-31(29)36)33-25(4)40-32(42-33)27-15-17-30(18-16-27)35(37,38)39/h8-9,11-19H,3,7,10,20-22H2,1-2,4-6H3. The second-order valence-corrected chi connectivity index (χ2v) is 12.6. The second-order valence-electron chi connectivity index (χ2n) is 11.6. The topological polar surface area (TPSA) is 16.1 Å². The molecule has 0 saturated carbocycles. The van der Waals surface area contributed by atoms with Gasteiger partial charge in [0, 0.05) is 24.2 Å². The number of halogens is 4. The first-order chi connectivity index (χ1) is 19.8. The number of hydrogen-bond donors (Lipinski definition) is 0. The van der Waals surface area contributed by atoms with Gasteiger partial charge >= 0.3 is 6.18 Å². The Morgan fingerprint density at radius 3 is 2.24 bits per heavy atom. The van der Waals surface area contributed by atoms with E-state index in [-0.39, 0.29) is 11.2 Å². The van der Waals surface area contributed by atoms with Crippen LogP contribution in [0.25, 0.3) is 10.6 Å². The third kappa shape index (κ3) is 7.49. The Bertz CT molecular complexity index is 1530. The smallest absolute Gasteiger partial charge is 0.353 e. The lowest BCUT2D eigenvalue weighted by Crippen LogP contribution is -2.23. The van der Waals surface area contributed by atoms with Crippen LogP contribution in [0.5, 0.6) is 0 Å². The van der Waals surface area contributed by atoms with E-state index in [1.165, 1.54) is 46.2 Å². The van der Waals surface area contributed by atoms with Gasteiger partial charge in [-0.25, -0.2) is 9.37 Å². The Morgan fingerprint density at radius 1 is 0.929 bits per heavy atom. The lowest BCUT2D eigenvalue weighted by Gasteiger charge is -2.29. The lowest BCUT2D eigenvalue weighted by molar-refractivity contribution is -0.137. The molecule has 0 unspecified atom stereocenters. The maximum absolute atomic E-state index is 14.8. The van der Waals surface area contributed by atoms with Crippen LogP contribution >= 0.6 is 11.3 Å². The normalized spacial score (nSPS) is 12.0. The van der Waals surface area contributed by atoms with Gasteiger partial charge in [-0.2, -0.15) is 13.2 Å². The maximum Gasteiger partial charge on any atom is 0.416 e. The number of benzene rings is 3. The molecule has 0 aliphatic carbocycles. The Labute approximate surface area is 250 Å². The van der Waals surface area contributed by atoms with Crippen LogP contribution in [-0.4, -0.2) is 4.98 Å². The molecule has 0 bridgehead atoms. The fourth-order valence-electron chi connectivity index (χ4n) is 5.16. The first kappa shape index (κ1) is 31.5. The molecule has 0 amide bonds. The summed E-state index contributed by atoms with van der Waals surface area (Å²) < 4.78 is 54.0. The van der Waals surface area contributed by atoms with E-state index >= 15 is 0 Å². The minimum Gasteiger partial charge on any atom is -0.353 e. The van der Waals surface area contributed by atoms with E-state index in [1.54, 1.807) is 12.1 Å². The molecule has 1 aromatic heterocycles. The number of rotatable bonds is 11. The highest BCUT2D eigenvalue weighted by Crippen LogP contribution is 2.38. The van der Waals surface area contributed by atoms with Crippen molar-refractivity contribution in [1.82, 2.24) is 4.98 Å². The molecule has 3 aromatic carbocycles. The van der Waals surface area contributed by atoms with E-state index in [2.05, 4.69) is 57.4 Å². The minimum atomic E-state index is -4.40. The number of anilines is 1. The molecule has 7 heteroatoms. The van der Waals surface area contributed by atoms with E-state index in [1.807, 2.05) is 13.0 Å². The summed E-state index contributed by atoms with van der Waals surface area (Å²) >= 11 is 1.40. The summed E-state index contributed by atoms with van der Waals surface area (Å²) in [6.07, 6.45) is -1.40. The number of allylic oxidation sites excluding steroid dienone is 1. The van der Waals surface area contributed by atoms with Crippen LogP contribution in [0.4, 0.5) is 22.6 Å². The summed E-state index contributed by atoms with van der Waals surface area (Å²) in [5.41, 5.74) is 6.03. The third-order valence-corrected chi connectivity index (χ3v) is 9.03.